The first-order valence-corrected chi connectivity index (χ1v) is 6.37. The van der Waals surface area contributed by atoms with Gasteiger partial charge in [0.15, 0.2) is 0 Å². The number of nitrogens with two attached hydrogens (primary N) is 1. The summed E-state index contributed by atoms with van der Waals surface area (Å²) in [5.74, 6) is 1.02. The van der Waals surface area contributed by atoms with Crippen molar-refractivity contribution in [1.82, 2.24) is 9.97 Å². The smallest absolute Gasteiger partial charge is 0.337 e. The van der Waals surface area contributed by atoms with Gasteiger partial charge in [0, 0.05) is 12.0 Å². The molecule has 1 aromatic heterocycles. The first-order chi connectivity index (χ1) is 9.63. The maximum atomic E-state index is 11.2. The van der Waals surface area contributed by atoms with Gasteiger partial charge in [-0.25, -0.2) is 14.8 Å². The molecule has 0 spiro atoms. The van der Waals surface area contributed by atoms with Gasteiger partial charge in [0.05, 0.1) is 11.3 Å². The lowest BCUT2D eigenvalue weighted by atomic mass is 10.2. The van der Waals surface area contributed by atoms with Crippen LogP contribution in [0.4, 0.5) is 17.3 Å². The van der Waals surface area contributed by atoms with Crippen molar-refractivity contribution >= 4 is 23.3 Å². The van der Waals surface area contributed by atoms with Gasteiger partial charge in [-0.05, 0) is 25.0 Å². The van der Waals surface area contributed by atoms with Gasteiger partial charge >= 0.3 is 5.97 Å². The van der Waals surface area contributed by atoms with Crippen LogP contribution >= 0.6 is 0 Å². The van der Waals surface area contributed by atoms with Crippen molar-refractivity contribution in [2.45, 2.75) is 18.8 Å². The first kappa shape index (κ1) is 12.4. The van der Waals surface area contributed by atoms with Gasteiger partial charge in [-0.2, -0.15) is 0 Å². The first-order valence-electron chi connectivity index (χ1n) is 6.37. The van der Waals surface area contributed by atoms with Crippen molar-refractivity contribution in [1.29, 1.82) is 0 Å². The molecule has 0 unspecified atom stereocenters. The molecule has 102 valence electrons. The van der Waals surface area contributed by atoms with Crippen LogP contribution < -0.4 is 11.1 Å². The van der Waals surface area contributed by atoms with Crippen LogP contribution in [0.1, 0.15) is 34.9 Å². The number of anilines is 3. The van der Waals surface area contributed by atoms with E-state index in [1.165, 1.54) is 6.07 Å². The minimum atomic E-state index is -0.988. The van der Waals surface area contributed by atoms with E-state index >= 15 is 0 Å². The maximum absolute atomic E-state index is 11.2. The molecule has 1 aliphatic carbocycles. The maximum Gasteiger partial charge on any atom is 0.337 e. The molecule has 0 bridgehead atoms. The third-order valence-corrected chi connectivity index (χ3v) is 3.13. The monoisotopic (exact) mass is 270 g/mol. The zero-order valence-electron chi connectivity index (χ0n) is 10.7. The standard InChI is InChI=1S/C14H14N4O2/c15-11-7-12(18-13(17-11)8-5-6-8)16-10-4-2-1-3-9(10)14(19)20/h1-4,7-8H,5-6H2,(H,19,20)(H3,15,16,17,18). The minimum absolute atomic E-state index is 0.192. The second-order valence-corrected chi connectivity index (χ2v) is 4.79. The molecule has 4 N–H and O–H groups in total. The van der Waals surface area contributed by atoms with Crippen LogP contribution in [-0.2, 0) is 0 Å². The molecule has 0 amide bonds. The number of nitrogens with one attached hydrogen (secondary N) is 1. The predicted molar refractivity (Wildman–Crippen MR) is 75.1 cm³/mol. The highest BCUT2D eigenvalue weighted by Crippen LogP contribution is 2.38. The molecule has 20 heavy (non-hydrogen) atoms. The highest BCUT2D eigenvalue weighted by atomic mass is 16.4. The number of carboxylic acid groups (broad SMARTS) is 1. The third-order valence-electron chi connectivity index (χ3n) is 3.13. The van der Waals surface area contributed by atoms with E-state index < -0.39 is 5.97 Å². The van der Waals surface area contributed by atoms with Crippen molar-refractivity contribution in [3.05, 3.63) is 41.7 Å². The average molecular weight is 270 g/mol. The highest BCUT2D eigenvalue weighted by molar-refractivity contribution is 5.95. The molecule has 0 aliphatic heterocycles. The summed E-state index contributed by atoms with van der Waals surface area (Å²) in [6, 6.07) is 8.28. The van der Waals surface area contributed by atoms with Crippen molar-refractivity contribution in [2.75, 3.05) is 11.1 Å². The summed E-state index contributed by atoms with van der Waals surface area (Å²) in [6.07, 6.45) is 2.16. The van der Waals surface area contributed by atoms with E-state index in [4.69, 9.17) is 10.8 Å². The molecule has 1 heterocycles. The van der Waals surface area contributed by atoms with E-state index in [0.717, 1.165) is 18.7 Å². The fourth-order valence-electron chi connectivity index (χ4n) is 1.99. The predicted octanol–water partition coefficient (Wildman–Crippen LogP) is 2.38. The van der Waals surface area contributed by atoms with E-state index in [1.54, 1.807) is 24.3 Å². The second-order valence-electron chi connectivity index (χ2n) is 4.79. The Kier molecular flexibility index (Phi) is 2.98. The van der Waals surface area contributed by atoms with Gasteiger partial charge in [-0.1, -0.05) is 12.1 Å². The summed E-state index contributed by atoms with van der Waals surface area (Å²) in [6.45, 7) is 0. The van der Waals surface area contributed by atoms with E-state index in [1.807, 2.05) is 0 Å². The topological polar surface area (TPSA) is 101 Å². The van der Waals surface area contributed by atoms with Crippen LogP contribution in [0.5, 0.6) is 0 Å². The molecule has 1 aliphatic rings. The number of hydrogen-bond acceptors (Lipinski definition) is 5. The third kappa shape index (κ3) is 2.54. The largest absolute Gasteiger partial charge is 0.478 e. The number of rotatable bonds is 4. The van der Waals surface area contributed by atoms with Gasteiger partial charge < -0.3 is 16.2 Å². The Bertz CT molecular complexity index is 668. The van der Waals surface area contributed by atoms with E-state index in [9.17, 15) is 4.79 Å². The zero-order chi connectivity index (χ0) is 14.1. The summed E-state index contributed by atoms with van der Waals surface area (Å²) in [7, 11) is 0. The molecule has 1 aromatic carbocycles. The van der Waals surface area contributed by atoms with E-state index in [2.05, 4.69) is 15.3 Å². The molecular formula is C14H14N4O2. The summed E-state index contributed by atoms with van der Waals surface area (Å²) in [5, 5.41) is 12.2. The fourth-order valence-corrected chi connectivity index (χ4v) is 1.99. The Morgan fingerprint density at radius 2 is 2.05 bits per heavy atom. The summed E-state index contributed by atoms with van der Waals surface area (Å²) < 4.78 is 0. The highest BCUT2D eigenvalue weighted by Gasteiger charge is 2.27. The number of aromatic carboxylic acids is 1. The molecule has 0 saturated heterocycles. The lowest BCUT2D eigenvalue weighted by molar-refractivity contribution is 0.0698. The van der Waals surface area contributed by atoms with Gasteiger partial charge in [0.1, 0.15) is 17.5 Å². The van der Waals surface area contributed by atoms with Crippen LogP contribution in [0.25, 0.3) is 0 Å². The van der Waals surface area contributed by atoms with E-state index in [0.29, 0.717) is 23.2 Å². The lowest BCUT2D eigenvalue weighted by Crippen LogP contribution is -2.06. The zero-order valence-corrected chi connectivity index (χ0v) is 10.7. The molecule has 6 nitrogen and oxygen atoms in total. The summed E-state index contributed by atoms with van der Waals surface area (Å²) >= 11 is 0. The van der Waals surface area contributed by atoms with Gasteiger partial charge in [-0.15, -0.1) is 0 Å². The Morgan fingerprint density at radius 3 is 2.75 bits per heavy atom. The number of carboxylic acids is 1. The SMILES string of the molecule is Nc1cc(Nc2ccccc2C(=O)O)nc(C2CC2)n1. The lowest BCUT2D eigenvalue weighted by Gasteiger charge is -2.10. The molecule has 3 rings (SSSR count). The molecule has 6 heteroatoms. The summed E-state index contributed by atoms with van der Waals surface area (Å²) in [4.78, 5) is 19.8. The Hall–Kier alpha value is -2.63. The van der Waals surface area contributed by atoms with Crippen LogP contribution in [0.3, 0.4) is 0 Å². The number of benzene rings is 1. The van der Waals surface area contributed by atoms with Crippen LogP contribution in [0.15, 0.2) is 30.3 Å². The van der Waals surface area contributed by atoms with E-state index in [-0.39, 0.29) is 5.56 Å². The quantitative estimate of drug-likeness (QED) is 0.788. The normalized spacial score (nSPS) is 14.0. The number of carbonyl (C=O) groups is 1. The molecule has 1 saturated carbocycles. The average Bonchev–Trinajstić information content (AvgIpc) is 3.22. The van der Waals surface area contributed by atoms with Crippen molar-refractivity contribution in [3.63, 3.8) is 0 Å². The van der Waals surface area contributed by atoms with Crippen LogP contribution in [0.2, 0.25) is 0 Å². The van der Waals surface area contributed by atoms with Crippen molar-refractivity contribution in [3.8, 4) is 0 Å². The van der Waals surface area contributed by atoms with Crippen molar-refractivity contribution < 1.29 is 9.90 Å². The van der Waals surface area contributed by atoms with Gasteiger partial charge in [-0.3, -0.25) is 0 Å². The Balaban J connectivity index is 1.93. The number of nitrogen functional groups attached to an aromatic ring is 1. The molecular weight excluding hydrogens is 256 g/mol. The van der Waals surface area contributed by atoms with Crippen molar-refractivity contribution in [2.24, 2.45) is 0 Å². The summed E-state index contributed by atoms with van der Waals surface area (Å²) in [5.41, 5.74) is 6.45. The number of para-hydroxylation sites is 1. The molecule has 1 fully saturated rings. The number of hydrogen-bond donors (Lipinski definition) is 3. The molecule has 0 radical (unpaired) electrons. The molecule has 0 atom stereocenters. The number of nitrogens with zero attached hydrogens (tertiary/aromatic N) is 2. The van der Waals surface area contributed by atoms with Crippen LogP contribution in [0, 0.1) is 0 Å². The Labute approximate surface area is 115 Å². The second kappa shape index (κ2) is 4.80. The number of aromatic nitrogens is 2. The van der Waals surface area contributed by atoms with Gasteiger partial charge in [0.2, 0.25) is 0 Å². The van der Waals surface area contributed by atoms with Crippen LogP contribution in [-0.4, -0.2) is 21.0 Å². The Morgan fingerprint density at radius 1 is 1.30 bits per heavy atom. The minimum Gasteiger partial charge on any atom is -0.478 e. The molecule has 2 aromatic rings. The fraction of sp³-hybridized carbons (Fsp3) is 0.214. The van der Waals surface area contributed by atoms with Gasteiger partial charge in [0.25, 0.3) is 0 Å².